The van der Waals surface area contributed by atoms with Crippen LogP contribution in [0.25, 0.3) is 11.0 Å². The lowest BCUT2D eigenvalue weighted by Crippen LogP contribution is -2.40. The van der Waals surface area contributed by atoms with Crippen molar-refractivity contribution in [3.63, 3.8) is 0 Å². The lowest BCUT2D eigenvalue weighted by atomic mass is 9.96. The molecule has 0 spiro atoms. The third kappa shape index (κ3) is 4.17. The molecule has 2 aromatic carbocycles. The summed E-state index contributed by atoms with van der Waals surface area (Å²) in [6.45, 7) is 3.41. The third-order valence-corrected chi connectivity index (χ3v) is 5.42. The first-order valence-corrected chi connectivity index (χ1v) is 10.3. The lowest BCUT2D eigenvalue weighted by Gasteiger charge is -2.30. The molecule has 6 nitrogen and oxygen atoms in total. The lowest BCUT2D eigenvalue weighted by molar-refractivity contribution is -0.149. The molecule has 0 bridgehead atoms. The maximum atomic E-state index is 13.3. The summed E-state index contributed by atoms with van der Waals surface area (Å²) in [6.07, 6.45) is 1.20. The predicted molar refractivity (Wildman–Crippen MR) is 112 cm³/mol. The third-order valence-electron chi connectivity index (χ3n) is 5.42. The summed E-state index contributed by atoms with van der Waals surface area (Å²) < 4.78 is 17.0. The van der Waals surface area contributed by atoms with Crippen LogP contribution < -0.4 is 4.74 Å². The zero-order valence-corrected chi connectivity index (χ0v) is 17.0. The van der Waals surface area contributed by atoms with E-state index in [4.69, 9.17) is 13.9 Å². The van der Waals surface area contributed by atoms with E-state index in [1.807, 2.05) is 54.6 Å². The van der Waals surface area contributed by atoms with Crippen molar-refractivity contribution in [2.75, 3.05) is 19.7 Å². The summed E-state index contributed by atoms with van der Waals surface area (Å²) in [5.74, 6) is 0.550. The van der Waals surface area contributed by atoms with Gasteiger partial charge in [0.05, 0.1) is 12.5 Å². The van der Waals surface area contributed by atoms with Gasteiger partial charge in [-0.25, -0.2) is 0 Å². The van der Waals surface area contributed by atoms with Gasteiger partial charge in [0.15, 0.2) is 5.76 Å². The number of para-hydroxylation sites is 2. The molecule has 1 fully saturated rings. The van der Waals surface area contributed by atoms with Gasteiger partial charge in [0.25, 0.3) is 5.91 Å². The van der Waals surface area contributed by atoms with Crippen molar-refractivity contribution in [2.24, 2.45) is 5.92 Å². The Kier molecular flexibility index (Phi) is 6.02. The fourth-order valence-electron chi connectivity index (χ4n) is 3.81. The molecule has 2 heterocycles. The molecular formula is C24H25NO5. The van der Waals surface area contributed by atoms with Crippen LogP contribution in [0, 0.1) is 5.92 Å². The van der Waals surface area contributed by atoms with Crippen molar-refractivity contribution in [3.05, 3.63) is 65.9 Å². The summed E-state index contributed by atoms with van der Waals surface area (Å²) in [5.41, 5.74) is 1.40. The maximum Gasteiger partial charge on any atom is 0.309 e. The van der Waals surface area contributed by atoms with Crippen LogP contribution in [-0.4, -0.2) is 36.5 Å². The molecule has 0 aliphatic carbocycles. The normalized spacial score (nSPS) is 14.6. The highest BCUT2D eigenvalue weighted by atomic mass is 16.5. The molecule has 6 heteroatoms. The van der Waals surface area contributed by atoms with Gasteiger partial charge in [-0.1, -0.05) is 36.4 Å². The molecule has 1 aromatic heterocycles. The number of esters is 1. The van der Waals surface area contributed by atoms with Gasteiger partial charge in [0, 0.05) is 24.0 Å². The smallest absolute Gasteiger partial charge is 0.309 e. The van der Waals surface area contributed by atoms with Gasteiger partial charge in [0.2, 0.25) is 0 Å². The molecule has 1 aliphatic heterocycles. The van der Waals surface area contributed by atoms with Gasteiger partial charge in [-0.2, -0.15) is 0 Å². The molecule has 1 saturated heterocycles. The highest BCUT2D eigenvalue weighted by Gasteiger charge is 2.31. The van der Waals surface area contributed by atoms with Crippen molar-refractivity contribution in [3.8, 4) is 5.75 Å². The Morgan fingerprint density at radius 3 is 2.47 bits per heavy atom. The number of furan rings is 1. The number of likely N-dealkylation sites (tertiary alicyclic amines) is 1. The molecular weight excluding hydrogens is 382 g/mol. The highest BCUT2D eigenvalue weighted by Crippen LogP contribution is 2.29. The second-order valence-electron chi connectivity index (χ2n) is 7.33. The Hall–Kier alpha value is -3.28. The number of nitrogens with zero attached hydrogens (tertiary/aromatic N) is 1. The van der Waals surface area contributed by atoms with Crippen LogP contribution >= 0.6 is 0 Å². The van der Waals surface area contributed by atoms with Crippen LogP contribution in [0.3, 0.4) is 0 Å². The minimum Gasteiger partial charge on any atom is -0.489 e. The summed E-state index contributed by atoms with van der Waals surface area (Å²) >= 11 is 0. The molecule has 1 amide bonds. The molecule has 0 unspecified atom stereocenters. The quantitative estimate of drug-likeness (QED) is 0.566. The standard InChI is InChI=1S/C24H25NO5/c1-2-28-24(27)17-12-14-25(15-13-17)23(26)22-20(16-29-18-8-4-3-5-9-18)19-10-6-7-11-21(19)30-22/h3-11,17H,2,12-16H2,1H3. The molecule has 156 valence electrons. The van der Waals surface area contributed by atoms with Crippen molar-refractivity contribution >= 4 is 22.8 Å². The zero-order valence-electron chi connectivity index (χ0n) is 17.0. The van der Waals surface area contributed by atoms with Gasteiger partial charge < -0.3 is 18.8 Å². The zero-order chi connectivity index (χ0) is 20.9. The average molecular weight is 407 g/mol. The molecule has 0 atom stereocenters. The fraction of sp³-hybridized carbons (Fsp3) is 0.333. The molecule has 1 aliphatic rings. The Morgan fingerprint density at radius 1 is 1.03 bits per heavy atom. The van der Waals surface area contributed by atoms with E-state index in [1.165, 1.54) is 0 Å². The van der Waals surface area contributed by atoms with E-state index in [-0.39, 0.29) is 24.4 Å². The predicted octanol–water partition coefficient (Wildman–Crippen LogP) is 4.43. The van der Waals surface area contributed by atoms with Gasteiger partial charge in [-0.3, -0.25) is 9.59 Å². The van der Waals surface area contributed by atoms with Crippen LogP contribution in [0.4, 0.5) is 0 Å². The summed E-state index contributed by atoms with van der Waals surface area (Å²) in [4.78, 5) is 27.0. The van der Waals surface area contributed by atoms with Crippen LogP contribution in [-0.2, 0) is 16.1 Å². The Balaban J connectivity index is 1.53. The largest absolute Gasteiger partial charge is 0.489 e. The monoisotopic (exact) mass is 407 g/mol. The first-order valence-electron chi connectivity index (χ1n) is 10.3. The number of amides is 1. The Bertz CT molecular complexity index is 1020. The van der Waals surface area contributed by atoms with E-state index < -0.39 is 0 Å². The molecule has 30 heavy (non-hydrogen) atoms. The number of carbonyl (C=O) groups excluding carboxylic acids is 2. The number of carbonyl (C=O) groups is 2. The first kappa shape index (κ1) is 20.0. The first-order chi connectivity index (χ1) is 14.7. The Morgan fingerprint density at radius 2 is 1.73 bits per heavy atom. The van der Waals surface area contributed by atoms with Gasteiger partial charge in [-0.05, 0) is 38.0 Å². The summed E-state index contributed by atoms with van der Waals surface area (Å²) in [5, 5.41) is 0.873. The number of piperidine rings is 1. The second kappa shape index (κ2) is 9.03. The van der Waals surface area contributed by atoms with E-state index in [0.717, 1.165) is 16.7 Å². The van der Waals surface area contributed by atoms with Crippen molar-refractivity contribution in [1.82, 2.24) is 4.90 Å². The summed E-state index contributed by atoms with van der Waals surface area (Å²) in [7, 11) is 0. The molecule has 0 radical (unpaired) electrons. The topological polar surface area (TPSA) is 69.0 Å². The number of benzene rings is 2. The average Bonchev–Trinajstić information content (AvgIpc) is 3.17. The van der Waals surface area contributed by atoms with E-state index in [2.05, 4.69) is 0 Å². The number of fused-ring (bicyclic) bond motifs is 1. The van der Waals surface area contributed by atoms with Crippen LogP contribution in [0.5, 0.6) is 5.75 Å². The van der Waals surface area contributed by atoms with Crippen LogP contribution in [0.1, 0.15) is 35.9 Å². The van der Waals surface area contributed by atoms with E-state index >= 15 is 0 Å². The minimum atomic E-state index is -0.176. The number of ether oxygens (including phenoxy) is 2. The minimum absolute atomic E-state index is 0.148. The molecule has 0 N–H and O–H groups in total. The van der Waals surface area contributed by atoms with Crippen molar-refractivity contribution < 1.29 is 23.5 Å². The van der Waals surface area contributed by atoms with Crippen molar-refractivity contribution in [1.29, 1.82) is 0 Å². The number of hydrogen-bond donors (Lipinski definition) is 0. The molecule has 0 saturated carbocycles. The van der Waals surface area contributed by atoms with E-state index in [1.54, 1.807) is 11.8 Å². The van der Waals surface area contributed by atoms with E-state index in [0.29, 0.717) is 43.9 Å². The molecule has 3 aromatic rings. The SMILES string of the molecule is CCOC(=O)C1CCN(C(=O)c2oc3ccccc3c2COc2ccccc2)CC1. The number of hydrogen-bond acceptors (Lipinski definition) is 5. The maximum absolute atomic E-state index is 13.3. The van der Waals surface area contributed by atoms with Crippen LogP contribution in [0.2, 0.25) is 0 Å². The van der Waals surface area contributed by atoms with Gasteiger partial charge in [0.1, 0.15) is 17.9 Å². The Labute approximate surface area is 175 Å². The van der Waals surface area contributed by atoms with Crippen molar-refractivity contribution in [2.45, 2.75) is 26.4 Å². The fourth-order valence-corrected chi connectivity index (χ4v) is 3.81. The van der Waals surface area contributed by atoms with Gasteiger partial charge >= 0.3 is 5.97 Å². The molecule has 4 rings (SSSR count). The second-order valence-corrected chi connectivity index (χ2v) is 7.33. The van der Waals surface area contributed by atoms with E-state index in [9.17, 15) is 9.59 Å². The van der Waals surface area contributed by atoms with Crippen LogP contribution in [0.15, 0.2) is 59.0 Å². The van der Waals surface area contributed by atoms with Gasteiger partial charge in [-0.15, -0.1) is 0 Å². The number of rotatable bonds is 6. The highest BCUT2D eigenvalue weighted by molar-refractivity contribution is 5.99. The summed E-state index contributed by atoms with van der Waals surface area (Å²) in [6, 6.07) is 17.1.